The van der Waals surface area contributed by atoms with Crippen LogP contribution < -0.4 is 16.8 Å². The van der Waals surface area contributed by atoms with Crippen molar-refractivity contribution in [1.82, 2.24) is 11.0 Å². The van der Waals surface area contributed by atoms with Crippen molar-refractivity contribution in [3.63, 3.8) is 0 Å². The lowest BCUT2D eigenvalue weighted by molar-refractivity contribution is -0.137. The van der Waals surface area contributed by atoms with E-state index < -0.39 is 5.97 Å². The number of hydrogen-bond donors (Lipinski definition) is 4. The zero-order valence-electron chi connectivity index (χ0n) is 22.0. The minimum atomic E-state index is -0.653. The van der Waals surface area contributed by atoms with Gasteiger partial charge in [0.25, 0.3) is 0 Å². The molecule has 5 N–H and O–H groups in total. The van der Waals surface area contributed by atoms with E-state index in [2.05, 4.69) is 11.0 Å². The fourth-order valence-electron chi connectivity index (χ4n) is 4.63. The SMILES string of the molecule is NNNCCCCCCCCCCCCCCCCCCCCCCCCCCCC(=O)O. The Bertz CT molecular complexity index is 380. The third-order valence-corrected chi connectivity index (χ3v) is 6.79. The molecule has 0 rings (SSSR count). The standard InChI is InChI=1S/C28H59N3O2/c29-31-30-27-25-23-21-19-17-15-13-11-9-7-5-3-1-2-4-6-8-10-12-14-16-18-20-22-24-26-28(32)33/h30-31H,1-27,29H2,(H,32,33). The number of unbranched alkanes of at least 4 members (excludes halogenated alkanes) is 24. The molecule has 0 bridgehead atoms. The summed E-state index contributed by atoms with van der Waals surface area (Å²) in [5.74, 6) is 4.51. The molecule has 0 fully saturated rings. The summed E-state index contributed by atoms with van der Waals surface area (Å²) in [6.07, 6.45) is 34.2. The molecule has 0 saturated heterocycles. The lowest BCUT2D eigenvalue weighted by Gasteiger charge is -2.04. The van der Waals surface area contributed by atoms with Gasteiger partial charge in [0.2, 0.25) is 0 Å². The molecule has 0 aliphatic rings. The number of nitrogens with two attached hydrogens (primary N) is 1. The van der Waals surface area contributed by atoms with E-state index in [0.717, 1.165) is 19.4 Å². The summed E-state index contributed by atoms with van der Waals surface area (Å²) in [6, 6.07) is 0. The van der Waals surface area contributed by atoms with Gasteiger partial charge >= 0.3 is 5.97 Å². The Morgan fingerprint density at radius 2 is 0.697 bits per heavy atom. The highest BCUT2D eigenvalue weighted by atomic mass is 16.4. The van der Waals surface area contributed by atoms with Crippen LogP contribution in [0.1, 0.15) is 167 Å². The summed E-state index contributed by atoms with van der Waals surface area (Å²) in [5, 5.41) is 8.61. The molecule has 0 aliphatic carbocycles. The first-order valence-corrected chi connectivity index (χ1v) is 14.7. The molecular formula is C28H59N3O2. The van der Waals surface area contributed by atoms with Crippen LogP contribution in [0.25, 0.3) is 0 Å². The van der Waals surface area contributed by atoms with Crippen molar-refractivity contribution in [2.75, 3.05) is 6.54 Å². The summed E-state index contributed by atoms with van der Waals surface area (Å²) in [6.45, 7) is 0.971. The smallest absolute Gasteiger partial charge is 0.303 e. The molecule has 0 aromatic carbocycles. The van der Waals surface area contributed by atoms with Crippen LogP contribution >= 0.6 is 0 Å². The van der Waals surface area contributed by atoms with Crippen LogP contribution in [0.15, 0.2) is 0 Å². The van der Waals surface area contributed by atoms with Gasteiger partial charge in [-0.1, -0.05) is 148 Å². The average Bonchev–Trinajstić information content (AvgIpc) is 2.80. The fourth-order valence-corrected chi connectivity index (χ4v) is 4.63. The predicted molar refractivity (Wildman–Crippen MR) is 143 cm³/mol. The normalized spacial score (nSPS) is 11.3. The molecule has 0 amide bonds. The molecule has 0 aromatic heterocycles. The Labute approximate surface area is 206 Å². The maximum absolute atomic E-state index is 10.4. The highest BCUT2D eigenvalue weighted by molar-refractivity contribution is 5.66. The molecule has 0 saturated carbocycles. The van der Waals surface area contributed by atoms with Crippen LogP contribution in [0.5, 0.6) is 0 Å². The second kappa shape index (κ2) is 29.4. The molecule has 0 unspecified atom stereocenters. The monoisotopic (exact) mass is 469 g/mol. The third kappa shape index (κ3) is 31.4. The number of nitrogens with one attached hydrogen (secondary N) is 2. The van der Waals surface area contributed by atoms with Gasteiger partial charge in [-0.05, 0) is 12.8 Å². The highest BCUT2D eigenvalue weighted by Crippen LogP contribution is 2.15. The largest absolute Gasteiger partial charge is 0.481 e. The minimum absolute atomic E-state index is 0.342. The van der Waals surface area contributed by atoms with Gasteiger partial charge in [0.05, 0.1) is 0 Å². The number of carbonyl (C=O) groups is 1. The molecule has 5 heteroatoms. The van der Waals surface area contributed by atoms with Gasteiger partial charge in [0.15, 0.2) is 0 Å². The van der Waals surface area contributed by atoms with E-state index in [0.29, 0.717) is 6.42 Å². The lowest BCUT2D eigenvalue weighted by Crippen LogP contribution is -2.38. The van der Waals surface area contributed by atoms with Gasteiger partial charge in [-0.15, -0.1) is 0 Å². The molecule has 0 aliphatic heterocycles. The minimum Gasteiger partial charge on any atom is -0.481 e. The number of rotatable bonds is 29. The Hall–Kier alpha value is -0.650. The van der Waals surface area contributed by atoms with Crippen molar-refractivity contribution >= 4 is 5.97 Å². The van der Waals surface area contributed by atoms with Gasteiger partial charge in [-0.25, -0.2) is 5.43 Å². The van der Waals surface area contributed by atoms with E-state index >= 15 is 0 Å². The molecule has 0 spiro atoms. The number of aliphatic carboxylic acids is 1. The second-order valence-corrected chi connectivity index (χ2v) is 10.1. The maximum atomic E-state index is 10.4. The molecule has 33 heavy (non-hydrogen) atoms. The Kier molecular flexibility index (Phi) is 28.8. The van der Waals surface area contributed by atoms with Crippen LogP contribution in [0.4, 0.5) is 0 Å². The molecule has 0 aromatic rings. The van der Waals surface area contributed by atoms with Crippen LogP contribution in [-0.4, -0.2) is 17.6 Å². The summed E-state index contributed by atoms with van der Waals surface area (Å²) < 4.78 is 0. The van der Waals surface area contributed by atoms with Crippen molar-refractivity contribution in [3.05, 3.63) is 0 Å². The Morgan fingerprint density at radius 3 is 0.939 bits per heavy atom. The van der Waals surface area contributed by atoms with Crippen molar-refractivity contribution in [1.29, 1.82) is 0 Å². The number of carboxylic acid groups (broad SMARTS) is 1. The van der Waals surface area contributed by atoms with Crippen LogP contribution in [0.3, 0.4) is 0 Å². The summed E-state index contributed by atoms with van der Waals surface area (Å²) >= 11 is 0. The zero-order valence-corrected chi connectivity index (χ0v) is 22.0. The van der Waals surface area contributed by atoms with E-state index in [1.54, 1.807) is 0 Å². The topological polar surface area (TPSA) is 87.4 Å². The zero-order chi connectivity index (χ0) is 24.1. The maximum Gasteiger partial charge on any atom is 0.303 e. The number of carboxylic acids is 1. The van der Waals surface area contributed by atoms with Crippen molar-refractivity contribution in [2.24, 2.45) is 5.84 Å². The molecule has 0 radical (unpaired) electrons. The number of hydrogen-bond acceptors (Lipinski definition) is 4. The van der Waals surface area contributed by atoms with E-state index in [4.69, 9.17) is 10.9 Å². The summed E-state index contributed by atoms with van der Waals surface area (Å²) in [5.41, 5.74) is 5.41. The first-order valence-electron chi connectivity index (χ1n) is 14.7. The Balaban J connectivity index is 3.01. The van der Waals surface area contributed by atoms with Gasteiger partial charge in [-0.3, -0.25) is 10.6 Å². The van der Waals surface area contributed by atoms with Crippen LogP contribution in [0.2, 0.25) is 0 Å². The first kappa shape index (κ1) is 32.4. The molecule has 0 atom stereocenters. The van der Waals surface area contributed by atoms with E-state index in [9.17, 15) is 4.79 Å². The highest BCUT2D eigenvalue weighted by Gasteiger charge is 1.98. The third-order valence-electron chi connectivity index (χ3n) is 6.79. The van der Waals surface area contributed by atoms with Crippen molar-refractivity contribution in [2.45, 2.75) is 167 Å². The van der Waals surface area contributed by atoms with Crippen molar-refractivity contribution < 1.29 is 9.90 Å². The van der Waals surface area contributed by atoms with Gasteiger partial charge < -0.3 is 5.11 Å². The van der Waals surface area contributed by atoms with Crippen molar-refractivity contribution in [3.8, 4) is 0 Å². The Morgan fingerprint density at radius 1 is 0.455 bits per heavy atom. The van der Waals surface area contributed by atoms with Crippen LogP contribution in [-0.2, 0) is 4.79 Å². The molecule has 198 valence electrons. The van der Waals surface area contributed by atoms with Gasteiger partial charge in [0.1, 0.15) is 0 Å². The van der Waals surface area contributed by atoms with Gasteiger partial charge in [0, 0.05) is 13.0 Å². The molecular weight excluding hydrogens is 410 g/mol. The van der Waals surface area contributed by atoms with E-state index in [1.165, 1.54) is 148 Å². The van der Waals surface area contributed by atoms with Gasteiger partial charge in [-0.2, -0.15) is 5.53 Å². The second-order valence-electron chi connectivity index (χ2n) is 10.1. The van der Waals surface area contributed by atoms with E-state index in [-0.39, 0.29) is 0 Å². The lowest BCUT2D eigenvalue weighted by atomic mass is 10.0. The fraction of sp³-hybridized carbons (Fsp3) is 0.964. The van der Waals surface area contributed by atoms with E-state index in [1.807, 2.05) is 0 Å². The molecule has 0 heterocycles. The summed E-state index contributed by atoms with van der Waals surface area (Å²) in [4.78, 5) is 10.4. The number of hydrazine groups is 2. The van der Waals surface area contributed by atoms with Crippen LogP contribution in [0, 0.1) is 0 Å². The first-order chi connectivity index (χ1) is 16.3. The quantitative estimate of drug-likeness (QED) is 0.0504. The average molecular weight is 470 g/mol. The predicted octanol–water partition coefficient (Wildman–Crippen LogP) is 8.18. The summed E-state index contributed by atoms with van der Waals surface area (Å²) in [7, 11) is 0. The molecule has 5 nitrogen and oxygen atoms in total.